The van der Waals surface area contributed by atoms with Gasteiger partial charge in [-0.1, -0.05) is 12.1 Å². The van der Waals surface area contributed by atoms with Crippen LogP contribution in [0.2, 0.25) is 0 Å². The van der Waals surface area contributed by atoms with Gasteiger partial charge in [-0.2, -0.15) is 0 Å². The Morgan fingerprint density at radius 2 is 1.86 bits per heavy atom. The van der Waals surface area contributed by atoms with Crippen LogP contribution in [0.4, 0.5) is 5.69 Å². The highest BCUT2D eigenvalue weighted by Crippen LogP contribution is 2.29. The van der Waals surface area contributed by atoms with E-state index in [-0.39, 0.29) is 17.9 Å². The highest BCUT2D eigenvalue weighted by molar-refractivity contribution is 6.03. The Hall–Kier alpha value is -3.28. The summed E-state index contributed by atoms with van der Waals surface area (Å²) in [6.45, 7) is 8.16. The molecule has 0 saturated carbocycles. The largest absolute Gasteiger partial charge is 0.493 e. The summed E-state index contributed by atoms with van der Waals surface area (Å²) in [5, 5.41) is 5.57. The fourth-order valence-corrected chi connectivity index (χ4v) is 2.65. The lowest BCUT2D eigenvalue weighted by Crippen LogP contribution is -2.23. The molecule has 0 aliphatic heterocycles. The number of ether oxygens (including phenoxy) is 2. The molecule has 29 heavy (non-hydrogen) atoms. The Morgan fingerprint density at radius 1 is 1.10 bits per heavy atom. The average Bonchev–Trinajstić information content (AvgIpc) is 2.68. The SMILES string of the molecule is CCNC(=O)c1ccc(C)c(NC(=O)/C=C/c2ccc(OC(C)C)c(OC)c2)c1. The molecular formula is C23H28N2O4. The van der Waals surface area contributed by atoms with Gasteiger partial charge in [0.15, 0.2) is 11.5 Å². The summed E-state index contributed by atoms with van der Waals surface area (Å²) in [5.41, 5.74) is 2.78. The topological polar surface area (TPSA) is 76.7 Å². The molecule has 6 nitrogen and oxygen atoms in total. The summed E-state index contributed by atoms with van der Waals surface area (Å²) in [6.07, 6.45) is 3.17. The number of hydrogen-bond acceptors (Lipinski definition) is 4. The van der Waals surface area contributed by atoms with Gasteiger partial charge in [0.05, 0.1) is 13.2 Å². The van der Waals surface area contributed by atoms with Crippen molar-refractivity contribution in [3.63, 3.8) is 0 Å². The van der Waals surface area contributed by atoms with Gasteiger partial charge in [-0.05, 0) is 69.2 Å². The van der Waals surface area contributed by atoms with E-state index in [4.69, 9.17) is 9.47 Å². The molecule has 0 aliphatic carbocycles. The molecule has 0 unspecified atom stereocenters. The van der Waals surface area contributed by atoms with Crippen LogP contribution in [0.15, 0.2) is 42.5 Å². The van der Waals surface area contributed by atoms with Crippen LogP contribution in [0.1, 0.15) is 42.3 Å². The molecule has 2 aromatic rings. The quantitative estimate of drug-likeness (QED) is 0.656. The molecule has 0 aromatic heterocycles. The number of carbonyl (C=O) groups is 2. The maximum absolute atomic E-state index is 12.4. The van der Waals surface area contributed by atoms with Crippen LogP contribution in [0.5, 0.6) is 11.5 Å². The monoisotopic (exact) mass is 396 g/mol. The number of rotatable bonds is 8. The Labute approximate surface area is 171 Å². The number of aryl methyl sites for hydroxylation is 1. The van der Waals surface area contributed by atoms with Gasteiger partial charge in [-0.3, -0.25) is 9.59 Å². The predicted molar refractivity (Wildman–Crippen MR) is 116 cm³/mol. The van der Waals surface area contributed by atoms with E-state index in [1.54, 1.807) is 25.3 Å². The summed E-state index contributed by atoms with van der Waals surface area (Å²) in [5.74, 6) is 0.797. The van der Waals surface area contributed by atoms with Gasteiger partial charge in [-0.15, -0.1) is 0 Å². The molecule has 2 aromatic carbocycles. The average molecular weight is 396 g/mol. The lowest BCUT2D eigenvalue weighted by molar-refractivity contribution is -0.111. The first-order valence-corrected chi connectivity index (χ1v) is 9.56. The van der Waals surface area contributed by atoms with Crippen LogP contribution in [-0.2, 0) is 4.79 Å². The molecule has 2 amide bonds. The van der Waals surface area contributed by atoms with Crippen molar-refractivity contribution in [3.05, 3.63) is 59.2 Å². The lowest BCUT2D eigenvalue weighted by atomic mass is 10.1. The molecule has 0 saturated heterocycles. The molecule has 0 fully saturated rings. The maximum atomic E-state index is 12.4. The van der Waals surface area contributed by atoms with Gasteiger partial charge in [-0.25, -0.2) is 0 Å². The Kier molecular flexibility index (Phi) is 7.83. The van der Waals surface area contributed by atoms with Crippen LogP contribution in [0, 0.1) is 6.92 Å². The highest BCUT2D eigenvalue weighted by Gasteiger charge is 2.09. The fourth-order valence-electron chi connectivity index (χ4n) is 2.65. The second-order valence-corrected chi connectivity index (χ2v) is 6.79. The van der Waals surface area contributed by atoms with Crippen LogP contribution in [-0.4, -0.2) is 31.6 Å². The minimum Gasteiger partial charge on any atom is -0.493 e. The first-order chi connectivity index (χ1) is 13.8. The number of hydrogen-bond donors (Lipinski definition) is 2. The van der Waals surface area contributed by atoms with E-state index in [1.165, 1.54) is 6.08 Å². The minimum atomic E-state index is -0.289. The lowest BCUT2D eigenvalue weighted by Gasteiger charge is -2.13. The molecule has 154 valence electrons. The van der Waals surface area contributed by atoms with E-state index >= 15 is 0 Å². The first kappa shape index (κ1) is 22.0. The van der Waals surface area contributed by atoms with E-state index < -0.39 is 0 Å². The van der Waals surface area contributed by atoms with Gasteiger partial charge in [0, 0.05) is 23.9 Å². The van der Waals surface area contributed by atoms with Gasteiger partial charge in [0.1, 0.15) is 0 Å². The second-order valence-electron chi connectivity index (χ2n) is 6.79. The molecule has 2 rings (SSSR count). The smallest absolute Gasteiger partial charge is 0.251 e. The van der Waals surface area contributed by atoms with Gasteiger partial charge in [0.2, 0.25) is 5.91 Å². The molecular weight excluding hydrogens is 368 g/mol. The molecule has 0 spiro atoms. The van der Waals surface area contributed by atoms with E-state index in [0.717, 1.165) is 11.1 Å². The highest BCUT2D eigenvalue weighted by atomic mass is 16.5. The summed E-state index contributed by atoms with van der Waals surface area (Å²) in [6, 6.07) is 10.7. The van der Waals surface area contributed by atoms with Crippen LogP contribution in [0.25, 0.3) is 6.08 Å². The van der Waals surface area contributed by atoms with Crippen molar-refractivity contribution in [1.82, 2.24) is 5.32 Å². The Balaban J connectivity index is 2.12. The van der Waals surface area contributed by atoms with Crippen molar-refractivity contribution in [3.8, 4) is 11.5 Å². The third kappa shape index (κ3) is 6.38. The van der Waals surface area contributed by atoms with Crippen LogP contribution < -0.4 is 20.1 Å². The zero-order valence-electron chi connectivity index (χ0n) is 17.5. The third-order valence-electron chi connectivity index (χ3n) is 4.07. The normalized spacial score (nSPS) is 10.8. The van der Waals surface area contributed by atoms with Crippen molar-refractivity contribution >= 4 is 23.6 Å². The van der Waals surface area contributed by atoms with Crippen molar-refractivity contribution < 1.29 is 19.1 Å². The number of anilines is 1. The van der Waals surface area contributed by atoms with Crippen molar-refractivity contribution in [2.45, 2.75) is 33.8 Å². The maximum Gasteiger partial charge on any atom is 0.251 e. The Morgan fingerprint density at radius 3 is 2.52 bits per heavy atom. The van der Waals surface area contributed by atoms with Gasteiger partial charge in [0.25, 0.3) is 5.91 Å². The number of nitrogens with one attached hydrogen (secondary N) is 2. The van der Waals surface area contributed by atoms with Crippen molar-refractivity contribution in [1.29, 1.82) is 0 Å². The summed E-state index contributed by atoms with van der Waals surface area (Å²) in [4.78, 5) is 24.4. The number of methoxy groups -OCH3 is 1. The van der Waals surface area contributed by atoms with Gasteiger partial charge < -0.3 is 20.1 Å². The zero-order valence-corrected chi connectivity index (χ0v) is 17.5. The standard InChI is InChI=1S/C23H28N2O4/c1-6-24-23(27)18-10-7-16(4)19(14-18)25-22(26)12-9-17-8-11-20(29-15(2)3)21(13-17)28-5/h7-15H,6H2,1-5H3,(H,24,27)(H,25,26)/b12-9+. The predicted octanol–water partition coefficient (Wildman–Crippen LogP) is 4.19. The minimum absolute atomic E-state index is 0.0366. The molecule has 0 heterocycles. The summed E-state index contributed by atoms with van der Waals surface area (Å²) < 4.78 is 11.1. The van der Waals surface area contributed by atoms with Crippen LogP contribution >= 0.6 is 0 Å². The molecule has 0 aliphatic rings. The molecule has 6 heteroatoms. The van der Waals surface area contributed by atoms with Crippen molar-refractivity contribution in [2.75, 3.05) is 19.0 Å². The summed E-state index contributed by atoms with van der Waals surface area (Å²) in [7, 11) is 1.58. The fraction of sp³-hybridized carbons (Fsp3) is 0.304. The zero-order chi connectivity index (χ0) is 21.4. The van der Waals surface area contributed by atoms with Crippen molar-refractivity contribution in [2.24, 2.45) is 0 Å². The third-order valence-corrected chi connectivity index (χ3v) is 4.07. The molecule has 0 bridgehead atoms. The van der Waals surface area contributed by atoms with Gasteiger partial charge >= 0.3 is 0 Å². The number of benzene rings is 2. The molecule has 2 N–H and O–H groups in total. The second kappa shape index (κ2) is 10.3. The van der Waals surface area contributed by atoms with Crippen LogP contribution in [0.3, 0.4) is 0 Å². The molecule has 0 radical (unpaired) electrons. The first-order valence-electron chi connectivity index (χ1n) is 9.56. The number of carbonyl (C=O) groups excluding carboxylic acids is 2. The Bertz CT molecular complexity index is 904. The number of amides is 2. The summed E-state index contributed by atoms with van der Waals surface area (Å²) >= 11 is 0. The van der Waals surface area contributed by atoms with E-state index in [1.807, 2.05) is 52.0 Å². The molecule has 0 atom stereocenters. The van der Waals surface area contributed by atoms with E-state index in [0.29, 0.717) is 29.3 Å². The van der Waals surface area contributed by atoms with E-state index in [9.17, 15) is 9.59 Å². The van der Waals surface area contributed by atoms with E-state index in [2.05, 4.69) is 10.6 Å².